The highest BCUT2D eigenvalue weighted by Gasteiger charge is 2.12. The van der Waals surface area contributed by atoms with Crippen molar-refractivity contribution in [3.63, 3.8) is 0 Å². The van der Waals surface area contributed by atoms with Gasteiger partial charge >= 0.3 is 0 Å². The third kappa shape index (κ3) is 2.43. The average Bonchev–Trinajstić information content (AvgIpc) is 2.15. The fraction of sp³-hybridized carbons (Fsp3) is 0.333. The summed E-state index contributed by atoms with van der Waals surface area (Å²) in [6, 6.07) is 4.93. The lowest BCUT2D eigenvalue weighted by Gasteiger charge is -2.05. The van der Waals surface area contributed by atoms with E-state index in [-0.39, 0.29) is 12.3 Å². The van der Waals surface area contributed by atoms with Gasteiger partial charge in [-0.3, -0.25) is 10.1 Å². The van der Waals surface area contributed by atoms with Gasteiger partial charge in [-0.25, -0.2) is 0 Å². The number of aliphatic hydroxyl groups excluding tert-OH is 1. The number of hydrogen-bond donors (Lipinski definition) is 2. The van der Waals surface area contributed by atoms with Crippen LogP contribution in [0.25, 0.3) is 0 Å². The first-order valence-corrected chi connectivity index (χ1v) is 4.25. The predicted octanol–water partition coefficient (Wildman–Crippen LogP) is 1.31. The highest BCUT2D eigenvalue weighted by molar-refractivity contribution is 5.62. The van der Waals surface area contributed by atoms with Gasteiger partial charge in [0.25, 0.3) is 5.69 Å². The summed E-state index contributed by atoms with van der Waals surface area (Å²) in [7, 11) is 0. The first kappa shape index (κ1) is 10.5. The Morgan fingerprint density at radius 2 is 2.29 bits per heavy atom. The van der Waals surface area contributed by atoms with Crippen LogP contribution in [-0.4, -0.2) is 23.2 Å². The molecule has 0 bridgehead atoms. The minimum Gasteiger partial charge on any atom is -0.395 e. The summed E-state index contributed by atoms with van der Waals surface area (Å²) in [5.41, 5.74) is 1.32. The summed E-state index contributed by atoms with van der Waals surface area (Å²) < 4.78 is 0. The van der Waals surface area contributed by atoms with Crippen LogP contribution in [0.15, 0.2) is 18.2 Å². The number of nitrogens with zero attached hydrogens (tertiary/aromatic N) is 1. The second-order valence-electron chi connectivity index (χ2n) is 2.93. The first-order valence-electron chi connectivity index (χ1n) is 4.25. The van der Waals surface area contributed by atoms with Gasteiger partial charge in [0.15, 0.2) is 0 Å². The number of aryl methyl sites for hydroxylation is 1. The van der Waals surface area contributed by atoms with Crippen LogP contribution in [0.4, 0.5) is 11.4 Å². The van der Waals surface area contributed by atoms with Crippen molar-refractivity contribution >= 4 is 11.4 Å². The van der Waals surface area contributed by atoms with E-state index in [1.54, 1.807) is 19.1 Å². The number of nitro benzene ring substituents is 1. The molecular formula is C9H12N2O3. The molecule has 0 fully saturated rings. The molecule has 5 nitrogen and oxygen atoms in total. The van der Waals surface area contributed by atoms with Gasteiger partial charge in [0.2, 0.25) is 0 Å². The molecule has 0 aliphatic heterocycles. The molecule has 2 N–H and O–H groups in total. The van der Waals surface area contributed by atoms with Crippen molar-refractivity contribution in [2.24, 2.45) is 0 Å². The molecule has 0 aliphatic carbocycles. The summed E-state index contributed by atoms with van der Waals surface area (Å²) in [4.78, 5) is 10.2. The first-order chi connectivity index (χ1) is 6.65. The van der Waals surface area contributed by atoms with E-state index in [1.807, 2.05) is 0 Å². The number of aliphatic hydroxyl groups is 1. The highest BCUT2D eigenvalue weighted by Crippen LogP contribution is 2.24. The van der Waals surface area contributed by atoms with Gasteiger partial charge in [0.05, 0.1) is 11.5 Å². The molecule has 0 unspecified atom stereocenters. The van der Waals surface area contributed by atoms with Gasteiger partial charge in [0, 0.05) is 12.6 Å². The minimum absolute atomic E-state index is 0.0402. The zero-order chi connectivity index (χ0) is 10.6. The number of anilines is 1. The van der Waals surface area contributed by atoms with Crippen LogP contribution in [0, 0.1) is 17.0 Å². The molecule has 5 heteroatoms. The maximum atomic E-state index is 10.6. The van der Waals surface area contributed by atoms with Crippen molar-refractivity contribution in [2.45, 2.75) is 6.92 Å². The Labute approximate surface area is 81.5 Å². The van der Waals surface area contributed by atoms with Gasteiger partial charge in [-0.2, -0.15) is 0 Å². The quantitative estimate of drug-likeness (QED) is 0.562. The van der Waals surface area contributed by atoms with E-state index in [9.17, 15) is 10.1 Å². The van der Waals surface area contributed by atoms with Gasteiger partial charge in [0.1, 0.15) is 5.69 Å². The van der Waals surface area contributed by atoms with E-state index in [4.69, 9.17) is 5.11 Å². The lowest BCUT2D eigenvalue weighted by Crippen LogP contribution is -2.07. The molecule has 0 radical (unpaired) electrons. The average molecular weight is 196 g/mol. The molecule has 0 heterocycles. The number of nitro groups is 1. The lowest BCUT2D eigenvalue weighted by atomic mass is 10.2. The van der Waals surface area contributed by atoms with E-state index in [0.717, 1.165) is 5.56 Å². The van der Waals surface area contributed by atoms with Crippen LogP contribution < -0.4 is 5.32 Å². The predicted molar refractivity (Wildman–Crippen MR) is 53.4 cm³/mol. The van der Waals surface area contributed by atoms with Crippen molar-refractivity contribution in [3.05, 3.63) is 33.9 Å². The topological polar surface area (TPSA) is 75.4 Å². The molecule has 0 spiro atoms. The van der Waals surface area contributed by atoms with E-state index in [2.05, 4.69) is 5.32 Å². The Morgan fingerprint density at radius 1 is 1.57 bits per heavy atom. The lowest BCUT2D eigenvalue weighted by molar-refractivity contribution is -0.384. The summed E-state index contributed by atoms with van der Waals surface area (Å²) >= 11 is 0. The van der Waals surface area contributed by atoms with E-state index in [0.29, 0.717) is 12.2 Å². The fourth-order valence-corrected chi connectivity index (χ4v) is 1.13. The molecule has 1 rings (SSSR count). The van der Waals surface area contributed by atoms with Gasteiger partial charge in [-0.1, -0.05) is 6.07 Å². The molecule has 76 valence electrons. The zero-order valence-corrected chi connectivity index (χ0v) is 7.86. The number of rotatable bonds is 4. The normalized spacial score (nSPS) is 9.86. The number of nitrogens with one attached hydrogen (secondary N) is 1. The Balaban J connectivity index is 2.96. The fourth-order valence-electron chi connectivity index (χ4n) is 1.13. The second-order valence-corrected chi connectivity index (χ2v) is 2.93. The SMILES string of the molecule is Cc1ccc(NCCO)c([N+](=O)[O-])c1. The van der Waals surface area contributed by atoms with Crippen LogP contribution in [0.5, 0.6) is 0 Å². The summed E-state index contributed by atoms with van der Waals surface area (Å²) in [5, 5.41) is 22.0. The van der Waals surface area contributed by atoms with E-state index in [1.165, 1.54) is 6.07 Å². The van der Waals surface area contributed by atoms with Crippen LogP contribution in [-0.2, 0) is 0 Å². The number of benzene rings is 1. The van der Waals surface area contributed by atoms with Gasteiger partial charge < -0.3 is 10.4 Å². The third-order valence-corrected chi connectivity index (χ3v) is 1.78. The van der Waals surface area contributed by atoms with Crippen LogP contribution in [0.1, 0.15) is 5.56 Å². The maximum absolute atomic E-state index is 10.6. The van der Waals surface area contributed by atoms with Crippen LogP contribution in [0.2, 0.25) is 0 Å². The molecule has 1 aromatic rings. The summed E-state index contributed by atoms with van der Waals surface area (Å²) in [6.45, 7) is 2.05. The molecule has 0 amide bonds. The smallest absolute Gasteiger partial charge is 0.292 e. The van der Waals surface area contributed by atoms with Gasteiger partial charge in [-0.05, 0) is 18.6 Å². The molecule has 0 aliphatic rings. The van der Waals surface area contributed by atoms with Crippen molar-refractivity contribution in [2.75, 3.05) is 18.5 Å². The van der Waals surface area contributed by atoms with Crippen molar-refractivity contribution in [1.29, 1.82) is 0 Å². The Bertz CT molecular complexity index is 339. The molecule has 0 atom stereocenters. The minimum atomic E-state index is -0.438. The molecule has 14 heavy (non-hydrogen) atoms. The monoisotopic (exact) mass is 196 g/mol. The van der Waals surface area contributed by atoms with Crippen LogP contribution >= 0.6 is 0 Å². The maximum Gasteiger partial charge on any atom is 0.292 e. The Hall–Kier alpha value is -1.62. The highest BCUT2D eigenvalue weighted by atomic mass is 16.6. The molecular weight excluding hydrogens is 184 g/mol. The van der Waals surface area contributed by atoms with Crippen molar-refractivity contribution in [1.82, 2.24) is 0 Å². The Kier molecular flexibility index (Phi) is 3.41. The zero-order valence-electron chi connectivity index (χ0n) is 7.86. The van der Waals surface area contributed by atoms with Crippen molar-refractivity contribution < 1.29 is 10.0 Å². The summed E-state index contributed by atoms with van der Waals surface area (Å²) in [5.74, 6) is 0. The molecule has 1 aromatic carbocycles. The molecule has 0 aromatic heterocycles. The third-order valence-electron chi connectivity index (χ3n) is 1.78. The standard InChI is InChI=1S/C9H12N2O3/c1-7-2-3-8(10-4-5-12)9(6-7)11(13)14/h2-3,6,10,12H,4-5H2,1H3. The van der Waals surface area contributed by atoms with Gasteiger partial charge in [-0.15, -0.1) is 0 Å². The van der Waals surface area contributed by atoms with Crippen LogP contribution in [0.3, 0.4) is 0 Å². The van der Waals surface area contributed by atoms with Crippen molar-refractivity contribution in [3.8, 4) is 0 Å². The summed E-state index contributed by atoms with van der Waals surface area (Å²) in [6.07, 6.45) is 0. The van der Waals surface area contributed by atoms with E-state index < -0.39 is 4.92 Å². The van der Waals surface area contributed by atoms with E-state index >= 15 is 0 Å². The molecule has 0 saturated heterocycles. The molecule has 0 saturated carbocycles. The number of hydrogen-bond acceptors (Lipinski definition) is 4. The second kappa shape index (κ2) is 4.57. The Morgan fingerprint density at radius 3 is 2.86 bits per heavy atom. The largest absolute Gasteiger partial charge is 0.395 e.